The van der Waals surface area contributed by atoms with Crippen molar-refractivity contribution in [3.63, 3.8) is 0 Å². The zero-order valence-corrected chi connectivity index (χ0v) is 22.2. The average molecular weight is 544 g/mol. The van der Waals surface area contributed by atoms with Crippen molar-refractivity contribution in [3.05, 3.63) is 100 Å². The van der Waals surface area contributed by atoms with Crippen molar-refractivity contribution in [2.75, 3.05) is 38.2 Å². The molecule has 1 saturated heterocycles. The third-order valence-electron chi connectivity index (χ3n) is 6.83. The molecule has 5 rings (SSSR count). The molecule has 4 aromatic rings. The van der Waals surface area contributed by atoms with Gasteiger partial charge in [-0.2, -0.15) is 0 Å². The Morgan fingerprint density at radius 1 is 0.950 bits per heavy atom. The molecule has 3 aromatic carbocycles. The maximum Gasteiger partial charge on any atom is 0.273 e. The SMILES string of the molecule is COc1cccc(COc2ccc(-c3nnc(CCC(=O)N4CCN(c5ccccc5F)CC4)c(=O)[nH]3)cc2)c1. The normalized spacial score (nSPS) is 13.2. The third-order valence-corrected chi connectivity index (χ3v) is 6.83. The number of aromatic amines is 1. The van der Waals surface area contributed by atoms with Crippen molar-refractivity contribution in [1.29, 1.82) is 0 Å². The van der Waals surface area contributed by atoms with Gasteiger partial charge in [-0.15, -0.1) is 10.2 Å². The van der Waals surface area contributed by atoms with Crippen molar-refractivity contribution in [1.82, 2.24) is 20.1 Å². The van der Waals surface area contributed by atoms with Crippen LogP contribution in [0.5, 0.6) is 11.5 Å². The van der Waals surface area contributed by atoms with E-state index in [-0.39, 0.29) is 35.8 Å². The number of piperazine rings is 1. The second kappa shape index (κ2) is 12.4. The van der Waals surface area contributed by atoms with Crippen molar-refractivity contribution in [3.8, 4) is 22.9 Å². The summed E-state index contributed by atoms with van der Waals surface area (Å²) in [5.41, 5.74) is 2.05. The lowest BCUT2D eigenvalue weighted by Gasteiger charge is -2.36. The number of halogens is 1. The highest BCUT2D eigenvalue weighted by Gasteiger charge is 2.23. The van der Waals surface area contributed by atoms with Crippen LogP contribution in [0.25, 0.3) is 11.4 Å². The molecule has 0 saturated carbocycles. The van der Waals surface area contributed by atoms with E-state index < -0.39 is 0 Å². The molecule has 0 radical (unpaired) electrons. The van der Waals surface area contributed by atoms with E-state index in [1.54, 1.807) is 54.5 Å². The molecule has 0 aliphatic carbocycles. The molecule has 1 aliphatic heterocycles. The van der Waals surface area contributed by atoms with E-state index in [0.717, 1.165) is 11.3 Å². The van der Waals surface area contributed by atoms with Gasteiger partial charge < -0.3 is 24.3 Å². The first-order valence-electron chi connectivity index (χ1n) is 13.1. The molecule has 206 valence electrons. The van der Waals surface area contributed by atoms with Crippen LogP contribution in [0, 0.1) is 5.82 Å². The molecular weight excluding hydrogens is 513 g/mol. The van der Waals surface area contributed by atoms with Gasteiger partial charge in [0.05, 0.1) is 12.8 Å². The van der Waals surface area contributed by atoms with E-state index in [4.69, 9.17) is 9.47 Å². The van der Waals surface area contributed by atoms with E-state index >= 15 is 0 Å². The Hall–Kier alpha value is -4.73. The van der Waals surface area contributed by atoms with Gasteiger partial charge in [-0.1, -0.05) is 24.3 Å². The molecule has 1 amide bonds. The maximum atomic E-state index is 14.1. The lowest BCUT2D eigenvalue weighted by Crippen LogP contribution is -2.49. The van der Waals surface area contributed by atoms with Gasteiger partial charge in [0.15, 0.2) is 5.82 Å². The number of para-hydroxylation sites is 1. The molecule has 1 aliphatic rings. The number of carbonyl (C=O) groups is 1. The van der Waals surface area contributed by atoms with Crippen LogP contribution in [-0.2, 0) is 17.8 Å². The lowest BCUT2D eigenvalue weighted by atomic mass is 10.2. The summed E-state index contributed by atoms with van der Waals surface area (Å²) in [6.07, 6.45) is 0.335. The molecule has 0 spiro atoms. The number of rotatable bonds is 9. The van der Waals surface area contributed by atoms with Gasteiger partial charge >= 0.3 is 0 Å². The van der Waals surface area contributed by atoms with E-state index in [9.17, 15) is 14.0 Å². The Morgan fingerprint density at radius 2 is 1.73 bits per heavy atom. The summed E-state index contributed by atoms with van der Waals surface area (Å²) in [5, 5.41) is 8.26. The number of nitrogens with zero attached hydrogens (tertiary/aromatic N) is 4. The number of aromatic nitrogens is 3. The Balaban J connectivity index is 1.12. The number of H-pyrrole nitrogens is 1. The number of hydrogen-bond acceptors (Lipinski definition) is 7. The number of nitrogens with one attached hydrogen (secondary N) is 1. The van der Waals surface area contributed by atoms with E-state index in [1.807, 2.05) is 29.2 Å². The highest BCUT2D eigenvalue weighted by molar-refractivity contribution is 5.76. The number of ether oxygens (including phenoxy) is 2. The molecule has 0 bridgehead atoms. The van der Waals surface area contributed by atoms with Crippen molar-refractivity contribution in [2.45, 2.75) is 19.4 Å². The highest BCUT2D eigenvalue weighted by atomic mass is 19.1. The van der Waals surface area contributed by atoms with Gasteiger partial charge in [-0.25, -0.2) is 4.39 Å². The second-order valence-electron chi connectivity index (χ2n) is 9.43. The smallest absolute Gasteiger partial charge is 0.273 e. The molecule has 0 unspecified atom stereocenters. The van der Waals surface area contributed by atoms with Gasteiger partial charge in [0, 0.05) is 44.6 Å². The molecule has 10 heteroatoms. The predicted molar refractivity (Wildman–Crippen MR) is 149 cm³/mol. The molecule has 0 atom stereocenters. The number of methoxy groups -OCH3 is 1. The molecule has 9 nitrogen and oxygen atoms in total. The number of amides is 1. The molecule has 2 heterocycles. The largest absolute Gasteiger partial charge is 0.497 e. The number of benzene rings is 3. The summed E-state index contributed by atoms with van der Waals surface area (Å²) in [5.74, 6) is 1.45. The summed E-state index contributed by atoms with van der Waals surface area (Å²) in [4.78, 5) is 31.8. The predicted octanol–water partition coefficient (Wildman–Crippen LogP) is 3.84. The topological polar surface area (TPSA) is 101 Å². The number of aryl methyl sites for hydroxylation is 1. The van der Waals surface area contributed by atoms with E-state index in [2.05, 4.69) is 15.2 Å². The van der Waals surface area contributed by atoms with Gasteiger partial charge in [0.1, 0.15) is 29.6 Å². The number of anilines is 1. The van der Waals surface area contributed by atoms with Crippen LogP contribution < -0.4 is 19.9 Å². The van der Waals surface area contributed by atoms with Gasteiger partial charge in [-0.05, 0) is 54.1 Å². The van der Waals surface area contributed by atoms with Crippen molar-refractivity contribution in [2.24, 2.45) is 0 Å². The molecular formula is C30H30FN5O4. The summed E-state index contributed by atoms with van der Waals surface area (Å²) in [6.45, 7) is 2.47. The van der Waals surface area contributed by atoms with Gasteiger partial charge in [0.2, 0.25) is 5.91 Å². The monoisotopic (exact) mass is 543 g/mol. The second-order valence-corrected chi connectivity index (χ2v) is 9.43. The Bertz CT molecular complexity index is 1520. The van der Waals surface area contributed by atoms with Crippen LogP contribution in [-0.4, -0.2) is 59.3 Å². The fourth-order valence-electron chi connectivity index (χ4n) is 4.58. The van der Waals surface area contributed by atoms with E-state index in [0.29, 0.717) is 55.6 Å². The lowest BCUT2D eigenvalue weighted by molar-refractivity contribution is -0.131. The quantitative estimate of drug-likeness (QED) is 0.342. The van der Waals surface area contributed by atoms with Crippen LogP contribution in [0.3, 0.4) is 0 Å². The molecule has 1 aromatic heterocycles. The minimum Gasteiger partial charge on any atom is -0.497 e. The van der Waals surface area contributed by atoms with Crippen LogP contribution in [0.1, 0.15) is 17.7 Å². The Labute approximate surface area is 231 Å². The third kappa shape index (κ3) is 6.45. The van der Waals surface area contributed by atoms with Crippen LogP contribution in [0.15, 0.2) is 77.6 Å². The Kier molecular flexibility index (Phi) is 8.34. The Morgan fingerprint density at radius 3 is 2.45 bits per heavy atom. The molecule has 1 fully saturated rings. The van der Waals surface area contributed by atoms with Crippen LogP contribution in [0.4, 0.5) is 10.1 Å². The number of hydrogen-bond donors (Lipinski definition) is 1. The standard InChI is InChI=1S/C30H30FN5O4/c1-39-24-6-4-5-21(19-24)20-40-23-11-9-22(10-12-23)29-32-30(38)26(33-34-29)13-14-28(37)36-17-15-35(16-18-36)27-8-3-2-7-25(27)31/h2-12,19H,13-18,20H2,1H3,(H,32,34,38). The molecule has 1 N–H and O–H groups in total. The zero-order valence-electron chi connectivity index (χ0n) is 22.2. The fourth-order valence-corrected chi connectivity index (χ4v) is 4.58. The summed E-state index contributed by atoms with van der Waals surface area (Å²) >= 11 is 0. The highest BCUT2D eigenvalue weighted by Crippen LogP contribution is 2.22. The van der Waals surface area contributed by atoms with Crippen LogP contribution in [0.2, 0.25) is 0 Å². The summed E-state index contributed by atoms with van der Waals surface area (Å²) < 4.78 is 25.1. The molecule has 40 heavy (non-hydrogen) atoms. The first-order chi connectivity index (χ1) is 19.5. The minimum atomic E-state index is -0.375. The van der Waals surface area contributed by atoms with Crippen molar-refractivity contribution >= 4 is 11.6 Å². The van der Waals surface area contributed by atoms with Crippen LogP contribution >= 0.6 is 0 Å². The first-order valence-corrected chi connectivity index (χ1v) is 13.1. The maximum absolute atomic E-state index is 14.1. The number of carbonyl (C=O) groups excluding carboxylic acids is 1. The van der Waals surface area contributed by atoms with Gasteiger partial charge in [0.25, 0.3) is 5.56 Å². The summed E-state index contributed by atoms with van der Waals surface area (Å²) in [7, 11) is 1.62. The summed E-state index contributed by atoms with van der Waals surface area (Å²) in [6, 6.07) is 21.5. The van der Waals surface area contributed by atoms with E-state index in [1.165, 1.54) is 6.07 Å². The zero-order chi connectivity index (χ0) is 27.9. The fraction of sp³-hybridized carbons (Fsp3) is 0.267. The average Bonchev–Trinajstić information content (AvgIpc) is 3.00. The van der Waals surface area contributed by atoms with Gasteiger partial charge in [-0.3, -0.25) is 9.59 Å². The van der Waals surface area contributed by atoms with Crippen molar-refractivity contribution < 1.29 is 18.7 Å². The first kappa shape index (κ1) is 26.9. The minimum absolute atomic E-state index is 0.0667.